The normalized spacial score (nSPS) is 10.7. The average Bonchev–Trinajstić information content (AvgIpc) is 3.16. The predicted molar refractivity (Wildman–Crippen MR) is 110 cm³/mol. The summed E-state index contributed by atoms with van der Waals surface area (Å²) in [6.07, 6.45) is 1.58. The molecule has 1 aromatic heterocycles. The number of nitrogens with zero attached hydrogens (tertiary/aromatic N) is 1. The van der Waals surface area contributed by atoms with Crippen LogP contribution in [0, 0.1) is 0 Å². The molecule has 0 atom stereocenters. The van der Waals surface area contributed by atoms with Crippen LogP contribution in [0.3, 0.4) is 0 Å². The van der Waals surface area contributed by atoms with Crippen LogP contribution in [0.5, 0.6) is 5.75 Å². The first-order chi connectivity index (χ1) is 14.0. The van der Waals surface area contributed by atoms with E-state index in [1.807, 2.05) is 23.1 Å². The number of amides is 2. The highest BCUT2D eigenvalue weighted by Crippen LogP contribution is 2.20. The molecule has 7 nitrogen and oxygen atoms in total. The molecular formula is C22H23N3O4. The van der Waals surface area contributed by atoms with Gasteiger partial charge >= 0.3 is 0 Å². The summed E-state index contributed by atoms with van der Waals surface area (Å²) >= 11 is 0. The molecule has 0 aliphatic heterocycles. The zero-order valence-electron chi connectivity index (χ0n) is 16.1. The van der Waals surface area contributed by atoms with Gasteiger partial charge in [-0.1, -0.05) is 24.3 Å². The molecule has 150 valence electrons. The number of rotatable bonds is 8. The van der Waals surface area contributed by atoms with E-state index < -0.39 is 0 Å². The number of para-hydroxylation sites is 1. The number of hydrogen-bond donors (Lipinski definition) is 3. The zero-order chi connectivity index (χ0) is 20.6. The molecule has 0 spiro atoms. The van der Waals surface area contributed by atoms with Crippen molar-refractivity contribution in [2.75, 3.05) is 17.2 Å². The van der Waals surface area contributed by atoms with Gasteiger partial charge in [0, 0.05) is 30.4 Å². The van der Waals surface area contributed by atoms with Crippen LogP contribution in [0.4, 0.5) is 11.4 Å². The van der Waals surface area contributed by atoms with Gasteiger partial charge in [0.25, 0.3) is 0 Å². The number of benzene rings is 2. The standard InChI is InChI=1S/C22H23N3O4/c1-16(26)23-18-7-4-8-19(12-18)24-22(28)15-25(14-20-9-5-11-29-20)13-17-6-2-3-10-21(17)27/h2-12,27H,13-15H2,1H3,(H,23,26)(H,24,28). The summed E-state index contributed by atoms with van der Waals surface area (Å²) in [5.74, 6) is 0.508. The van der Waals surface area contributed by atoms with Crippen LogP contribution in [0.25, 0.3) is 0 Å². The molecule has 0 radical (unpaired) electrons. The van der Waals surface area contributed by atoms with Gasteiger partial charge in [-0.25, -0.2) is 0 Å². The summed E-state index contributed by atoms with van der Waals surface area (Å²) in [5, 5.41) is 15.6. The molecule has 2 amide bonds. The van der Waals surface area contributed by atoms with Crippen LogP contribution in [0.2, 0.25) is 0 Å². The van der Waals surface area contributed by atoms with E-state index in [4.69, 9.17) is 4.42 Å². The van der Waals surface area contributed by atoms with E-state index in [2.05, 4.69) is 10.6 Å². The van der Waals surface area contributed by atoms with Crippen LogP contribution in [0.1, 0.15) is 18.2 Å². The lowest BCUT2D eigenvalue weighted by molar-refractivity contribution is -0.117. The Bertz CT molecular complexity index is 970. The SMILES string of the molecule is CC(=O)Nc1cccc(NC(=O)CN(Cc2ccco2)Cc2ccccc2O)c1. The maximum Gasteiger partial charge on any atom is 0.238 e. The van der Waals surface area contributed by atoms with Gasteiger partial charge in [0.1, 0.15) is 11.5 Å². The van der Waals surface area contributed by atoms with Gasteiger partial charge < -0.3 is 20.2 Å². The molecule has 7 heteroatoms. The molecular weight excluding hydrogens is 370 g/mol. The van der Waals surface area contributed by atoms with Crippen LogP contribution in [-0.2, 0) is 22.7 Å². The lowest BCUT2D eigenvalue weighted by Gasteiger charge is -2.21. The number of phenols is 1. The van der Waals surface area contributed by atoms with Crippen molar-refractivity contribution >= 4 is 23.2 Å². The van der Waals surface area contributed by atoms with Crippen molar-refractivity contribution in [1.82, 2.24) is 4.90 Å². The minimum absolute atomic E-state index is 0.0966. The Labute approximate surface area is 169 Å². The molecule has 0 bridgehead atoms. The molecule has 3 N–H and O–H groups in total. The fourth-order valence-corrected chi connectivity index (χ4v) is 2.96. The van der Waals surface area contributed by atoms with Crippen LogP contribution in [-0.4, -0.2) is 28.4 Å². The Balaban J connectivity index is 1.69. The summed E-state index contributed by atoms with van der Waals surface area (Å²) in [5.41, 5.74) is 1.92. The van der Waals surface area contributed by atoms with Gasteiger partial charge in [0.2, 0.25) is 11.8 Å². The smallest absolute Gasteiger partial charge is 0.238 e. The quantitative estimate of drug-likeness (QED) is 0.544. The van der Waals surface area contributed by atoms with Crippen LogP contribution >= 0.6 is 0 Å². The first-order valence-electron chi connectivity index (χ1n) is 9.19. The second-order valence-corrected chi connectivity index (χ2v) is 6.66. The van der Waals surface area contributed by atoms with Crippen molar-refractivity contribution < 1.29 is 19.1 Å². The third kappa shape index (κ3) is 6.22. The summed E-state index contributed by atoms with van der Waals surface area (Å²) in [6.45, 7) is 2.32. The molecule has 2 aromatic carbocycles. The Morgan fingerprint density at radius 1 is 0.966 bits per heavy atom. The Morgan fingerprint density at radius 3 is 2.41 bits per heavy atom. The topological polar surface area (TPSA) is 94.8 Å². The average molecular weight is 393 g/mol. The van der Waals surface area contributed by atoms with Gasteiger partial charge in [0.15, 0.2) is 0 Å². The second kappa shape index (κ2) is 9.57. The third-order valence-corrected chi connectivity index (χ3v) is 4.18. The number of nitrogens with one attached hydrogen (secondary N) is 2. The van der Waals surface area contributed by atoms with E-state index in [-0.39, 0.29) is 24.1 Å². The number of aromatic hydroxyl groups is 1. The molecule has 0 saturated carbocycles. The van der Waals surface area contributed by atoms with Crippen molar-refractivity contribution in [3.8, 4) is 5.75 Å². The fraction of sp³-hybridized carbons (Fsp3) is 0.182. The molecule has 0 aliphatic carbocycles. The highest BCUT2D eigenvalue weighted by Gasteiger charge is 2.15. The number of phenolic OH excluding ortho intramolecular Hbond substituents is 1. The van der Waals surface area contributed by atoms with Gasteiger partial charge in [-0.2, -0.15) is 0 Å². The minimum atomic E-state index is -0.216. The first kappa shape index (κ1) is 20.2. The van der Waals surface area contributed by atoms with E-state index in [0.717, 1.165) is 11.3 Å². The lowest BCUT2D eigenvalue weighted by atomic mass is 10.2. The molecule has 0 saturated heterocycles. The summed E-state index contributed by atoms with van der Waals surface area (Å²) < 4.78 is 5.41. The molecule has 0 aliphatic rings. The Kier molecular flexibility index (Phi) is 6.65. The van der Waals surface area contributed by atoms with E-state index in [1.165, 1.54) is 6.92 Å². The van der Waals surface area contributed by atoms with E-state index in [9.17, 15) is 14.7 Å². The summed E-state index contributed by atoms with van der Waals surface area (Å²) in [7, 11) is 0. The van der Waals surface area contributed by atoms with Gasteiger partial charge in [0.05, 0.1) is 19.4 Å². The zero-order valence-corrected chi connectivity index (χ0v) is 16.1. The first-order valence-corrected chi connectivity index (χ1v) is 9.19. The Morgan fingerprint density at radius 2 is 1.72 bits per heavy atom. The molecule has 0 unspecified atom stereocenters. The van der Waals surface area contributed by atoms with E-state index >= 15 is 0 Å². The van der Waals surface area contributed by atoms with Crippen LogP contribution < -0.4 is 10.6 Å². The number of anilines is 2. The highest BCUT2D eigenvalue weighted by atomic mass is 16.3. The monoisotopic (exact) mass is 393 g/mol. The molecule has 29 heavy (non-hydrogen) atoms. The van der Waals surface area contributed by atoms with Crippen molar-refractivity contribution in [2.45, 2.75) is 20.0 Å². The minimum Gasteiger partial charge on any atom is -0.508 e. The number of hydrogen-bond acceptors (Lipinski definition) is 5. The van der Waals surface area contributed by atoms with Crippen molar-refractivity contribution in [3.63, 3.8) is 0 Å². The number of carbonyl (C=O) groups excluding carboxylic acids is 2. The number of furan rings is 1. The van der Waals surface area contributed by atoms with Crippen molar-refractivity contribution in [3.05, 3.63) is 78.3 Å². The van der Waals surface area contributed by atoms with E-state index in [0.29, 0.717) is 24.5 Å². The lowest BCUT2D eigenvalue weighted by Crippen LogP contribution is -2.32. The van der Waals surface area contributed by atoms with Crippen LogP contribution in [0.15, 0.2) is 71.3 Å². The molecule has 3 aromatic rings. The van der Waals surface area contributed by atoms with Gasteiger partial charge in [-0.3, -0.25) is 14.5 Å². The molecule has 1 heterocycles. The molecule has 3 rings (SSSR count). The molecule has 0 fully saturated rings. The van der Waals surface area contributed by atoms with Crippen molar-refractivity contribution in [1.29, 1.82) is 0 Å². The number of carbonyl (C=O) groups is 2. The third-order valence-electron chi connectivity index (χ3n) is 4.18. The van der Waals surface area contributed by atoms with Gasteiger partial charge in [-0.05, 0) is 36.4 Å². The van der Waals surface area contributed by atoms with E-state index in [1.54, 1.807) is 48.7 Å². The maximum atomic E-state index is 12.6. The largest absolute Gasteiger partial charge is 0.508 e. The Hall–Kier alpha value is -3.58. The fourth-order valence-electron chi connectivity index (χ4n) is 2.96. The highest BCUT2D eigenvalue weighted by molar-refractivity contribution is 5.94. The summed E-state index contributed by atoms with van der Waals surface area (Å²) in [4.78, 5) is 25.7. The van der Waals surface area contributed by atoms with Crippen molar-refractivity contribution in [2.24, 2.45) is 0 Å². The second-order valence-electron chi connectivity index (χ2n) is 6.66. The van der Waals surface area contributed by atoms with Gasteiger partial charge in [-0.15, -0.1) is 0 Å². The summed E-state index contributed by atoms with van der Waals surface area (Å²) in [6, 6.07) is 17.6. The maximum absolute atomic E-state index is 12.6. The predicted octanol–water partition coefficient (Wildman–Crippen LogP) is 3.58.